The fourth-order valence-electron chi connectivity index (χ4n) is 2.44. The van der Waals surface area contributed by atoms with E-state index >= 15 is 0 Å². The molecule has 0 bridgehead atoms. The van der Waals surface area contributed by atoms with Gasteiger partial charge >= 0.3 is 0 Å². The maximum absolute atomic E-state index is 12.3. The quantitative estimate of drug-likeness (QED) is 0.922. The van der Waals surface area contributed by atoms with Crippen molar-refractivity contribution in [2.45, 2.75) is 39.2 Å². The summed E-state index contributed by atoms with van der Waals surface area (Å²) in [7, 11) is 1.89. The molecule has 0 radical (unpaired) electrons. The molecule has 3 rings (SSSR count). The highest BCUT2D eigenvalue weighted by Crippen LogP contribution is 2.41. The van der Waals surface area contributed by atoms with Crippen LogP contribution in [0, 0.1) is 19.8 Å². The van der Waals surface area contributed by atoms with Crippen molar-refractivity contribution >= 4 is 17.2 Å². The number of hydrogen-bond acceptors (Lipinski definition) is 4. The predicted octanol–water partition coefficient (Wildman–Crippen LogP) is 2.30. The van der Waals surface area contributed by atoms with E-state index < -0.39 is 0 Å². The van der Waals surface area contributed by atoms with E-state index in [-0.39, 0.29) is 11.9 Å². The summed E-state index contributed by atoms with van der Waals surface area (Å²) in [5, 5.41) is 10.4. The number of rotatable bonds is 5. The average molecular weight is 304 g/mol. The van der Waals surface area contributed by atoms with Gasteiger partial charge in [-0.15, -0.1) is 11.3 Å². The first kappa shape index (κ1) is 14.3. The molecule has 2 aromatic rings. The number of aromatic nitrogens is 3. The zero-order valence-electron chi connectivity index (χ0n) is 12.6. The number of thiazole rings is 1. The second-order valence-electron chi connectivity index (χ2n) is 5.77. The summed E-state index contributed by atoms with van der Waals surface area (Å²) in [6, 6.07) is 0.0770. The maximum atomic E-state index is 12.3. The van der Waals surface area contributed by atoms with Crippen molar-refractivity contribution < 1.29 is 4.79 Å². The molecular formula is C15H20N4OS. The summed E-state index contributed by atoms with van der Waals surface area (Å²) in [4.78, 5) is 16.9. The molecule has 1 fully saturated rings. The molecule has 0 spiro atoms. The lowest BCUT2D eigenvalue weighted by atomic mass is 10.1. The SMILES string of the molecule is Cc1csc(C(NC(=O)Cc2cnn(C)c2C)C2CC2)n1. The van der Waals surface area contributed by atoms with E-state index in [0.29, 0.717) is 12.3 Å². The molecule has 1 aliphatic rings. The molecule has 1 atom stereocenters. The van der Waals surface area contributed by atoms with Crippen molar-refractivity contribution in [1.82, 2.24) is 20.1 Å². The predicted molar refractivity (Wildman–Crippen MR) is 82.1 cm³/mol. The van der Waals surface area contributed by atoms with E-state index in [1.165, 1.54) is 12.8 Å². The molecule has 1 unspecified atom stereocenters. The second kappa shape index (κ2) is 5.60. The third-order valence-electron chi connectivity index (χ3n) is 4.00. The molecule has 5 nitrogen and oxygen atoms in total. The summed E-state index contributed by atoms with van der Waals surface area (Å²) in [6.45, 7) is 3.98. The van der Waals surface area contributed by atoms with E-state index in [4.69, 9.17) is 0 Å². The third-order valence-corrected chi connectivity index (χ3v) is 5.05. The summed E-state index contributed by atoms with van der Waals surface area (Å²) in [5.41, 5.74) is 3.05. The van der Waals surface area contributed by atoms with E-state index in [1.54, 1.807) is 22.2 Å². The number of aryl methyl sites for hydroxylation is 2. The molecule has 6 heteroatoms. The smallest absolute Gasteiger partial charge is 0.225 e. The van der Waals surface area contributed by atoms with Crippen LogP contribution in [0.25, 0.3) is 0 Å². The monoisotopic (exact) mass is 304 g/mol. The fraction of sp³-hybridized carbons (Fsp3) is 0.533. The van der Waals surface area contributed by atoms with Crippen molar-refractivity contribution in [1.29, 1.82) is 0 Å². The normalized spacial score (nSPS) is 16.0. The highest BCUT2D eigenvalue weighted by atomic mass is 32.1. The van der Waals surface area contributed by atoms with Crippen LogP contribution in [0.2, 0.25) is 0 Å². The van der Waals surface area contributed by atoms with Crippen LogP contribution in [-0.2, 0) is 18.3 Å². The Balaban J connectivity index is 1.68. The molecule has 112 valence electrons. The Bertz CT molecular complexity index is 656. The zero-order valence-corrected chi connectivity index (χ0v) is 13.4. The summed E-state index contributed by atoms with van der Waals surface area (Å²) >= 11 is 1.64. The van der Waals surface area contributed by atoms with Crippen LogP contribution in [0.3, 0.4) is 0 Å². The van der Waals surface area contributed by atoms with Gasteiger partial charge in [0.2, 0.25) is 5.91 Å². The number of nitrogens with one attached hydrogen (secondary N) is 1. The number of carbonyl (C=O) groups excluding carboxylic acids is 1. The van der Waals surface area contributed by atoms with Crippen molar-refractivity contribution in [2.24, 2.45) is 13.0 Å². The van der Waals surface area contributed by atoms with Crippen molar-refractivity contribution in [3.8, 4) is 0 Å². The average Bonchev–Trinajstić information content (AvgIpc) is 3.14. The Morgan fingerprint density at radius 1 is 1.52 bits per heavy atom. The van der Waals surface area contributed by atoms with Crippen LogP contribution in [0.15, 0.2) is 11.6 Å². The van der Waals surface area contributed by atoms with Crippen LogP contribution in [0.1, 0.15) is 40.8 Å². The number of amides is 1. The Morgan fingerprint density at radius 2 is 2.29 bits per heavy atom. The summed E-state index contributed by atoms with van der Waals surface area (Å²) in [6.07, 6.45) is 4.51. The summed E-state index contributed by atoms with van der Waals surface area (Å²) in [5.74, 6) is 0.602. The molecule has 2 aromatic heterocycles. The largest absolute Gasteiger partial charge is 0.346 e. The standard InChI is InChI=1S/C15H20N4OS/c1-9-8-21-15(17-9)14(11-4-5-11)18-13(20)6-12-7-16-19(3)10(12)2/h7-8,11,14H,4-6H2,1-3H3,(H,18,20). The number of hydrogen-bond donors (Lipinski definition) is 1. The molecular weight excluding hydrogens is 284 g/mol. The van der Waals surface area contributed by atoms with Gasteiger partial charge in [0.15, 0.2) is 0 Å². The van der Waals surface area contributed by atoms with Crippen LogP contribution in [-0.4, -0.2) is 20.7 Å². The topological polar surface area (TPSA) is 59.8 Å². The first-order valence-electron chi connectivity index (χ1n) is 7.23. The Morgan fingerprint density at radius 3 is 2.81 bits per heavy atom. The van der Waals surface area contributed by atoms with Crippen LogP contribution < -0.4 is 5.32 Å². The molecule has 0 saturated heterocycles. The lowest BCUT2D eigenvalue weighted by Gasteiger charge is -2.15. The fourth-order valence-corrected chi connectivity index (χ4v) is 3.38. The minimum Gasteiger partial charge on any atom is -0.346 e. The first-order chi connectivity index (χ1) is 10.0. The van der Waals surface area contributed by atoms with Crippen LogP contribution in [0.4, 0.5) is 0 Å². The first-order valence-corrected chi connectivity index (χ1v) is 8.11. The van der Waals surface area contributed by atoms with E-state index in [2.05, 4.69) is 15.4 Å². The molecule has 1 amide bonds. The second-order valence-corrected chi connectivity index (χ2v) is 6.66. The number of nitrogens with zero attached hydrogens (tertiary/aromatic N) is 3. The Hall–Kier alpha value is -1.69. The van der Waals surface area contributed by atoms with E-state index in [0.717, 1.165) is 22.0 Å². The third kappa shape index (κ3) is 3.15. The van der Waals surface area contributed by atoms with Gasteiger partial charge in [-0.2, -0.15) is 5.10 Å². The minimum atomic E-state index is 0.0517. The van der Waals surface area contributed by atoms with Crippen molar-refractivity contribution in [2.75, 3.05) is 0 Å². The summed E-state index contributed by atoms with van der Waals surface area (Å²) < 4.78 is 1.80. The van der Waals surface area contributed by atoms with Gasteiger partial charge in [0.1, 0.15) is 5.01 Å². The van der Waals surface area contributed by atoms with Gasteiger partial charge in [-0.1, -0.05) is 0 Å². The Kier molecular flexibility index (Phi) is 3.80. The van der Waals surface area contributed by atoms with Crippen molar-refractivity contribution in [3.05, 3.63) is 33.5 Å². The van der Waals surface area contributed by atoms with Crippen LogP contribution in [0.5, 0.6) is 0 Å². The minimum absolute atomic E-state index is 0.0517. The zero-order chi connectivity index (χ0) is 15.0. The molecule has 1 aliphatic carbocycles. The molecule has 1 N–H and O–H groups in total. The molecule has 1 saturated carbocycles. The van der Waals surface area contributed by atoms with Gasteiger partial charge in [-0.3, -0.25) is 9.48 Å². The van der Waals surface area contributed by atoms with Gasteiger partial charge in [0, 0.05) is 29.4 Å². The van der Waals surface area contributed by atoms with Gasteiger partial charge in [0.25, 0.3) is 0 Å². The van der Waals surface area contributed by atoms with Crippen molar-refractivity contribution in [3.63, 3.8) is 0 Å². The molecule has 21 heavy (non-hydrogen) atoms. The van der Waals surface area contributed by atoms with E-state index in [1.807, 2.05) is 26.3 Å². The van der Waals surface area contributed by atoms with Gasteiger partial charge < -0.3 is 5.32 Å². The highest BCUT2D eigenvalue weighted by molar-refractivity contribution is 7.09. The van der Waals surface area contributed by atoms with Crippen LogP contribution >= 0.6 is 11.3 Å². The van der Waals surface area contributed by atoms with Gasteiger partial charge in [0.05, 0.1) is 18.7 Å². The number of carbonyl (C=O) groups is 1. The maximum Gasteiger partial charge on any atom is 0.225 e. The molecule has 2 heterocycles. The Labute approximate surface area is 128 Å². The lowest BCUT2D eigenvalue weighted by molar-refractivity contribution is -0.121. The lowest BCUT2D eigenvalue weighted by Crippen LogP contribution is -2.31. The van der Waals surface area contributed by atoms with Gasteiger partial charge in [-0.05, 0) is 32.6 Å². The highest BCUT2D eigenvalue weighted by Gasteiger charge is 2.35. The van der Waals surface area contributed by atoms with Gasteiger partial charge in [-0.25, -0.2) is 4.98 Å². The molecule has 0 aromatic carbocycles. The van der Waals surface area contributed by atoms with E-state index in [9.17, 15) is 4.79 Å². The molecule has 0 aliphatic heterocycles.